The Hall–Kier alpha value is -4.54. The largest absolute Gasteiger partial charge is 0.481 e. The van der Waals surface area contributed by atoms with E-state index in [1.807, 2.05) is 13.8 Å². The first-order chi connectivity index (χ1) is 26.7. The molecule has 22 heteroatoms. The second kappa shape index (κ2) is 28.0. The Kier molecular flexibility index (Phi) is 25.7. The highest BCUT2D eigenvalue weighted by Gasteiger charge is 2.32. The molecule has 0 aliphatic carbocycles. The van der Waals surface area contributed by atoms with E-state index in [1.165, 1.54) is 20.8 Å². The number of nitrogens with two attached hydrogens (primary N) is 3. The van der Waals surface area contributed by atoms with Gasteiger partial charge in [0.2, 0.25) is 41.4 Å². The molecule has 15 N–H and O–H groups in total. The van der Waals surface area contributed by atoms with Gasteiger partial charge in [0, 0.05) is 12.2 Å². The molecule has 0 unspecified atom stereocenters. The van der Waals surface area contributed by atoms with E-state index in [0.29, 0.717) is 45.2 Å². The lowest BCUT2D eigenvalue weighted by atomic mass is 10.0. The molecule has 326 valence electrons. The van der Waals surface area contributed by atoms with Crippen molar-refractivity contribution in [1.29, 1.82) is 0 Å². The summed E-state index contributed by atoms with van der Waals surface area (Å²) < 4.78 is 0. The van der Waals surface area contributed by atoms with Crippen LogP contribution in [0.15, 0.2) is 0 Å². The molecular formula is C35H64N10O11S. The van der Waals surface area contributed by atoms with Gasteiger partial charge < -0.3 is 64.6 Å². The van der Waals surface area contributed by atoms with E-state index in [1.54, 1.807) is 0 Å². The molecule has 0 aliphatic heterocycles. The summed E-state index contributed by atoms with van der Waals surface area (Å²) in [6.07, 6.45) is 1.98. The Labute approximate surface area is 338 Å². The van der Waals surface area contributed by atoms with Gasteiger partial charge in [-0.2, -0.15) is 12.6 Å². The molecule has 0 spiro atoms. The molecule has 0 heterocycles. The highest BCUT2D eigenvalue weighted by molar-refractivity contribution is 7.80. The van der Waals surface area contributed by atoms with Crippen molar-refractivity contribution in [2.75, 3.05) is 18.8 Å². The predicted octanol–water partition coefficient (Wildman–Crippen LogP) is -3.05. The van der Waals surface area contributed by atoms with Crippen LogP contribution in [-0.4, -0.2) is 131 Å². The minimum atomic E-state index is -1.47. The van der Waals surface area contributed by atoms with Crippen LogP contribution < -0.4 is 54.4 Å². The molecule has 0 aliphatic rings. The van der Waals surface area contributed by atoms with Gasteiger partial charge in [-0.05, 0) is 84.7 Å². The fourth-order valence-electron chi connectivity index (χ4n) is 5.11. The van der Waals surface area contributed by atoms with Crippen molar-refractivity contribution in [3.63, 3.8) is 0 Å². The Morgan fingerprint density at radius 3 is 1.37 bits per heavy atom. The van der Waals surface area contributed by atoms with Crippen molar-refractivity contribution in [3.8, 4) is 0 Å². The monoisotopic (exact) mass is 832 g/mol. The Morgan fingerprint density at radius 1 is 0.509 bits per heavy atom. The number of thiol groups is 1. The topological polar surface area (TPSA) is 356 Å². The van der Waals surface area contributed by atoms with E-state index in [0.717, 1.165) is 0 Å². The summed E-state index contributed by atoms with van der Waals surface area (Å²) in [5.74, 6) is -8.40. The average Bonchev–Trinajstić information content (AvgIpc) is 3.13. The van der Waals surface area contributed by atoms with Crippen molar-refractivity contribution in [2.24, 2.45) is 23.1 Å². The molecule has 0 saturated carbocycles. The Morgan fingerprint density at radius 2 is 0.912 bits per heavy atom. The average molecular weight is 833 g/mol. The smallest absolute Gasteiger partial charge is 0.325 e. The summed E-state index contributed by atoms with van der Waals surface area (Å²) in [5.41, 5.74) is 17.1. The lowest BCUT2D eigenvalue weighted by molar-refractivity contribution is -0.142. The zero-order valence-corrected chi connectivity index (χ0v) is 34.3. The van der Waals surface area contributed by atoms with E-state index < -0.39 is 114 Å². The lowest BCUT2D eigenvalue weighted by Crippen LogP contribution is -2.59. The van der Waals surface area contributed by atoms with Crippen LogP contribution in [0.25, 0.3) is 0 Å². The van der Waals surface area contributed by atoms with E-state index in [-0.39, 0.29) is 24.5 Å². The van der Waals surface area contributed by atoms with Crippen LogP contribution in [-0.2, 0) is 43.2 Å². The number of carboxylic acids is 2. The molecule has 21 nitrogen and oxygen atoms in total. The van der Waals surface area contributed by atoms with Gasteiger partial charge in [-0.1, -0.05) is 20.3 Å². The van der Waals surface area contributed by atoms with Gasteiger partial charge in [0.1, 0.15) is 42.3 Å². The molecule has 0 fully saturated rings. The first kappa shape index (κ1) is 52.5. The van der Waals surface area contributed by atoms with Crippen LogP contribution >= 0.6 is 12.6 Å². The number of nitrogens with one attached hydrogen (secondary N) is 7. The molecular weight excluding hydrogens is 769 g/mol. The molecule has 8 atom stereocenters. The van der Waals surface area contributed by atoms with Crippen molar-refractivity contribution >= 4 is 65.9 Å². The zero-order chi connectivity index (χ0) is 43.8. The van der Waals surface area contributed by atoms with Gasteiger partial charge in [0.05, 0.1) is 6.04 Å². The van der Waals surface area contributed by atoms with Gasteiger partial charge in [0.25, 0.3) is 0 Å². The minimum absolute atomic E-state index is 0.0812. The Bertz CT molecular complexity index is 1370. The molecule has 0 saturated heterocycles. The summed E-state index contributed by atoms with van der Waals surface area (Å²) in [7, 11) is 0. The molecule has 0 aromatic heterocycles. The van der Waals surface area contributed by atoms with Crippen molar-refractivity contribution in [3.05, 3.63) is 0 Å². The van der Waals surface area contributed by atoms with Crippen LogP contribution in [0.5, 0.6) is 0 Å². The number of unbranched alkanes of at least 4 members (excludes halogenated alkanes) is 2. The molecule has 0 rings (SSSR count). The standard InChI is InChI=1S/C35H64N10O11S/c1-18(2)16-25(44-28(48)19(3)39-30(50)22(38)10-6-8-14-36)33(53)42-23(11-7-9-15-37)31(51)40-20(4)29(49)45-26(17-57)34(54)43-24(12-13-27(46)47)32(52)41-21(5)35(55)56/h18-26,57H,6-17,36-38H2,1-5H3,(H,39,50)(H,40,51)(H,41,52)(H,42,53)(H,43,54)(H,44,48)(H,45,49)(H,46,47)(H,55,56)/t19-,20-,21-,22-,23-,24-,25-,26-/m0/s1. The number of aliphatic carboxylic acids is 2. The molecule has 0 aromatic carbocycles. The summed E-state index contributed by atoms with van der Waals surface area (Å²) >= 11 is 4.09. The number of carboxylic acid groups (broad SMARTS) is 2. The van der Waals surface area contributed by atoms with Crippen LogP contribution in [0.3, 0.4) is 0 Å². The summed E-state index contributed by atoms with van der Waals surface area (Å²) in [5, 5.41) is 35.4. The number of hydrogen-bond acceptors (Lipinski definition) is 13. The first-order valence-corrected chi connectivity index (χ1v) is 19.7. The third-order valence-electron chi connectivity index (χ3n) is 8.55. The lowest BCUT2D eigenvalue weighted by Gasteiger charge is -2.27. The summed E-state index contributed by atoms with van der Waals surface area (Å²) in [6.45, 7) is 8.35. The SMILES string of the molecule is CC(C)C[C@H](NC(=O)[C@H](C)NC(=O)[C@@H](N)CCCCN)C(=O)N[C@@H](CCCCN)C(=O)N[C@@H](C)C(=O)N[C@@H](CS)C(=O)N[C@@H](CCC(=O)O)C(=O)N[C@@H](C)C(=O)O. The number of rotatable bonds is 29. The third-order valence-corrected chi connectivity index (χ3v) is 8.92. The van der Waals surface area contributed by atoms with Crippen molar-refractivity contribution in [1.82, 2.24) is 37.2 Å². The van der Waals surface area contributed by atoms with Crippen molar-refractivity contribution in [2.45, 2.75) is 141 Å². The maximum atomic E-state index is 13.6. The third kappa shape index (κ3) is 21.5. The molecule has 57 heavy (non-hydrogen) atoms. The molecule has 0 aromatic rings. The van der Waals surface area contributed by atoms with Crippen LogP contribution in [0.4, 0.5) is 0 Å². The first-order valence-electron chi connectivity index (χ1n) is 19.0. The second-order valence-electron chi connectivity index (χ2n) is 14.2. The van der Waals surface area contributed by atoms with Gasteiger partial charge in [0.15, 0.2) is 0 Å². The summed E-state index contributed by atoms with van der Waals surface area (Å²) in [6, 6.07) is -9.65. The molecule has 0 bridgehead atoms. The minimum Gasteiger partial charge on any atom is -0.481 e. The molecule has 7 amide bonds. The molecule has 0 radical (unpaired) electrons. The number of carbonyl (C=O) groups is 9. The highest BCUT2D eigenvalue weighted by Crippen LogP contribution is 2.09. The fourth-order valence-corrected chi connectivity index (χ4v) is 5.37. The van der Waals surface area contributed by atoms with E-state index in [4.69, 9.17) is 27.4 Å². The quantitative estimate of drug-likeness (QED) is 0.0263. The van der Waals surface area contributed by atoms with Crippen LogP contribution in [0.2, 0.25) is 0 Å². The maximum absolute atomic E-state index is 13.6. The predicted molar refractivity (Wildman–Crippen MR) is 212 cm³/mol. The van der Waals surface area contributed by atoms with Gasteiger partial charge in [-0.25, -0.2) is 0 Å². The second-order valence-corrected chi connectivity index (χ2v) is 14.6. The Balaban J connectivity index is 5.80. The van der Waals surface area contributed by atoms with E-state index >= 15 is 0 Å². The van der Waals surface area contributed by atoms with Crippen LogP contribution in [0, 0.1) is 5.92 Å². The van der Waals surface area contributed by atoms with Crippen LogP contribution in [0.1, 0.15) is 92.4 Å². The highest BCUT2D eigenvalue weighted by atomic mass is 32.1. The summed E-state index contributed by atoms with van der Waals surface area (Å²) in [4.78, 5) is 114. The van der Waals surface area contributed by atoms with Gasteiger partial charge in [-0.15, -0.1) is 0 Å². The number of carbonyl (C=O) groups excluding carboxylic acids is 7. The number of amides is 7. The van der Waals surface area contributed by atoms with E-state index in [9.17, 15) is 43.2 Å². The fraction of sp³-hybridized carbons (Fsp3) is 0.743. The number of hydrogen-bond donors (Lipinski definition) is 13. The van der Waals surface area contributed by atoms with Gasteiger partial charge >= 0.3 is 11.9 Å². The van der Waals surface area contributed by atoms with E-state index in [2.05, 4.69) is 49.8 Å². The maximum Gasteiger partial charge on any atom is 0.325 e. The van der Waals surface area contributed by atoms with Crippen molar-refractivity contribution < 1.29 is 53.4 Å². The normalized spacial score (nSPS) is 15.3. The zero-order valence-electron chi connectivity index (χ0n) is 33.4. The van der Waals surface area contributed by atoms with Gasteiger partial charge in [-0.3, -0.25) is 43.2 Å².